The lowest BCUT2D eigenvalue weighted by molar-refractivity contribution is 0.154. The summed E-state index contributed by atoms with van der Waals surface area (Å²) in [6.07, 6.45) is 0. The molecule has 1 heterocycles. The second kappa shape index (κ2) is 5.90. The zero-order valence-electron chi connectivity index (χ0n) is 13.3. The van der Waals surface area contributed by atoms with Crippen molar-refractivity contribution in [2.75, 3.05) is 13.2 Å². The molecule has 19 heavy (non-hydrogen) atoms. The van der Waals surface area contributed by atoms with Crippen molar-refractivity contribution < 1.29 is 5.11 Å². The van der Waals surface area contributed by atoms with E-state index in [1.807, 2.05) is 0 Å². The summed E-state index contributed by atoms with van der Waals surface area (Å²) in [5.74, 6) is 0. The van der Waals surface area contributed by atoms with Crippen LogP contribution in [0.25, 0.3) is 0 Å². The van der Waals surface area contributed by atoms with E-state index in [1.54, 1.807) is 11.3 Å². The minimum absolute atomic E-state index is 0.0836. The average molecular weight is 284 g/mol. The Labute approximate surface area is 121 Å². The van der Waals surface area contributed by atoms with Gasteiger partial charge in [-0.25, -0.2) is 4.98 Å². The van der Waals surface area contributed by atoms with Crippen LogP contribution in [0.4, 0.5) is 0 Å². The fourth-order valence-electron chi connectivity index (χ4n) is 1.71. The topological polar surface area (TPSA) is 45.2 Å². The summed E-state index contributed by atoms with van der Waals surface area (Å²) in [4.78, 5) is 6.00. The van der Waals surface area contributed by atoms with Crippen LogP contribution in [-0.4, -0.2) is 23.2 Å². The van der Waals surface area contributed by atoms with Gasteiger partial charge in [-0.2, -0.15) is 0 Å². The Balaban J connectivity index is 2.78. The third-order valence-corrected chi connectivity index (χ3v) is 4.95. The molecular formula is C15H28N2OS. The molecule has 1 unspecified atom stereocenters. The monoisotopic (exact) mass is 284 g/mol. The maximum atomic E-state index is 9.29. The first kappa shape index (κ1) is 16.6. The Morgan fingerprint density at radius 3 is 2.26 bits per heavy atom. The second-order valence-electron chi connectivity index (χ2n) is 7.14. The van der Waals surface area contributed by atoms with Gasteiger partial charge in [0, 0.05) is 34.9 Å². The van der Waals surface area contributed by atoms with Crippen molar-refractivity contribution in [3.8, 4) is 0 Å². The first-order chi connectivity index (χ1) is 8.57. The highest BCUT2D eigenvalue weighted by Crippen LogP contribution is 2.32. The van der Waals surface area contributed by atoms with Gasteiger partial charge >= 0.3 is 0 Å². The van der Waals surface area contributed by atoms with Crippen LogP contribution in [-0.2, 0) is 5.41 Å². The van der Waals surface area contributed by atoms with Gasteiger partial charge < -0.3 is 10.4 Å². The standard InChI is InChI=1S/C15H28N2OS/c1-10(16-8-15(6,7)9-18)12-11(2)17-13(19-12)14(3,4)5/h10,16,18H,8-9H2,1-7H3. The number of aliphatic hydroxyl groups is 1. The van der Waals surface area contributed by atoms with Crippen molar-refractivity contribution in [2.24, 2.45) is 5.41 Å². The first-order valence-electron chi connectivity index (χ1n) is 6.89. The molecule has 1 atom stereocenters. The predicted octanol–water partition coefficient (Wildman–Crippen LogP) is 3.42. The lowest BCUT2D eigenvalue weighted by Gasteiger charge is -2.24. The SMILES string of the molecule is Cc1nc(C(C)(C)C)sc1C(C)NCC(C)(C)CO. The molecule has 0 aliphatic heterocycles. The predicted molar refractivity (Wildman–Crippen MR) is 82.8 cm³/mol. The third-order valence-electron chi connectivity index (χ3n) is 3.18. The van der Waals surface area contributed by atoms with Crippen LogP contribution in [0.1, 0.15) is 63.2 Å². The number of rotatable bonds is 5. The number of hydrogen-bond donors (Lipinski definition) is 2. The molecule has 0 saturated carbocycles. The van der Waals surface area contributed by atoms with E-state index in [2.05, 4.69) is 53.8 Å². The first-order valence-corrected chi connectivity index (χ1v) is 7.70. The zero-order valence-corrected chi connectivity index (χ0v) is 14.1. The van der Waals surface area contributed by atoms with Crippen LogP contribution in [0.3, 0.4) is 0 Å². The van der Waals surface area contributed by atoms with Gasteiger partial charge in [0.15, 0.2) is 0 Å². The Hall–Kier alpha value is -0.450. The minimum Gasteiger partial charge on any atom is -0.396 e. The molecule has 0 fully saturated rings. The average Bonchev–Trinajstić information content (AvgIpc) is 2.68. The normalized spacial score (nSPS) is 14.7. The minimum atomic E-state index is -0.0836. The summed E-state index contributed by atoms with van der Waals surface area (Å²) in [6, 6.07) is 0.277. The maximum absolute atomic E-state index is 9.29. The van der Waals surface area contributed by atoms with Crippen molar-refractivity contribution in [3.63, 3.8) is 0 Å². The lowest BCUT2D eigenvalue weighted by atomic mass is 9.94. The molecule has 2 N–H and O–H groups in total. The molecule has 0 aliphatic carbocycles. The highest BCUT2D eigenvalue weighted by Gasteiger charge is 2.23. The number of hydrogen-bond acceptors (Lipinski definition) is 4. The summed E-state index contributed by atoms with van der Waals surface area (Å²) in [7, 11) is 0. The third kappa shape index (κ3) is 4.55. The van der Waals surface area contributed by atoms with Crippen molar-refractivity contribution in [2.45, 2.75) is 59.9 Å². The molecule has 1 aromatic heterocycles. The Bertz CT molecular complexity index is 418. The number of nitrogens with zero attached hydrogens (tertiary/aromatic N) is 1. The van der Waals surface area contributed by atoms with Crippen LogP contribution in [0.5, 0.6) is 0 Å². The van der Waals surface area contributed by atoms with E-state index in [-0.39, 0.29) is 23.5 Å². The van der Waals surface area contributed by atoms with Crippen LogP contribution < -0.4 is 5.32 Å². The number of nitrogens with one attached hydrogen (secondary N) is 1. The van der Waals surface area contributed by atoms with E-state index >= 15 is 0 Å². The van der Waals surface area contributed by atoms with E-state index in [4.69, 9.17) is 4.98 Å². The molecular weight excluding hydrogens is 256 g/mol. The fourth-order valence-corrected chi connectivity index (χ4v) is 2.86. The van der Waals surface area contributed by atoms with Gasteiger partial charge in [0.25, 0.3) is 0 Å². The summed E-state index contributed by atoms with van der Waals surface area (Å²) in [6.45, 7) is 16.0. The molecule has 0 aliphatic rings. The molecule has 4 heteroatoms. The Morgan fingerprint density at radius 1 is 1.26 bits per heavy atom. The highest BCUT2D eigenvalue weighted by atomic mass is 32.1. The lowest BCUT2D eigenvalue weighted by Crippen LogP contribution is -2.33. The fraction of sp³-hybridized carbons (Fsp3) is 0.800. The number of aryl methyl sites for hydroxylation is 1. The highest BCUT2D eigenvalue weighted by molar-refractivity contribution is 7.12. The molecule has 3 nitrogen and oxygen atoms in total. The van der Waals surface area contributed by atoms with Crippen molar-refractivity contribution in [1.29, 1.82) is 0 Å². The second-order valence-corrected chi connectivity index (χ2v) is 8.17. The van der Waals surface area contributed by atoms with Gasteiger partial charge in [-0.15, -0.1) is 11.3 Å². The molecule has 1 rings (SSSR count). The number of aromatic nitrogens is 1. The molecule has 110 valence electrons. The van der Waals surface area contributed by atoms with E-state index in [0.29, 0.717) is 0 Å². The van der Waals surface area contributed by atoms with Gasteiger partial charge in [0.2, 0.25) is 0 Å². The van der Waals surface area contributed by atoms with E-state index in [9.17, 15) is 5.11 Å². The largest absolute Gasteiger partial charge is 0.396 e. The van der Waals surface area contributed by atoms with Crippen LogP contribution in [0, 0.1) is 12.3 Å². The maximum Gasteiger partial charge on any atom is 0.0985 e. The molecule has 1 aromatic rings. The van der Waals surface area contributed by atoms with Crippen molar-refractivity contribution >= 4 is 11.3 Å². The summed E-state index contributed by atoms with van der Waals surface area (Å²) in [5, 5.41) is 14.0. The van der Waals surface area contributed by atoms with E-state index in [1.165, 1.54) is 9.88 Å². The Morgan fingerprint density at radius 2 is 1.84 bits per heavy atom. The molecule has 0 radical (unpaired) electrons. The Kier molecular flexibility index (Phi) is 5.15. The van der Waals surface area contributed by atoms with Gasteiger partial charge in [-0.1, -0.05) is 34.6 Å². The van der Waals surface area contributed by atoms with Gasteiger partial charge in [-0.05, 0) is 13.8 Å². The number of aliphatic hydroxyl groups excluding tert-OH is 1. The molecule has 0 saturated heterocycles. The van der Waals surface area contributed by atoms with E-state index < -0.39 is 0 Å². The molecule has 0 bridgehead atoms. The summed E-state index contributed by atoms with van der Waals surface area (Å²) < 4.78 is 0. The zero-order chi connectivity index (χ0) is 14.8. The van der Waals surface area contributed by atoms with Crippen LogP contribution >= 0.6 is 11.3 Å². The number of thiazole rings is 1. The van der Waals surface area contributed by atoms with Crippen LogP contribution in [0.15, 0.2) is 0 Å². The molecule has 0 amide bonds. The summed E-state index contributed by atoms with van der Waals surface area (Å²) in [5.41, 5.74) is 1.15. The van der Waals surface area contributed by atoms with Crippen molar-refractivity contribution in [3.05, 3.63) is 15.6 Å². The van der Waals surface area contributed by atoms with Gasteiger partial charge in [0.1, 0.15) is 0 Å². The van der Waals surface area contributed by atoms with Gasteiger partial charge in [0.05, 0.1) is 10.7 Å². The van der Waals surface area contributed by atoms with E-state index in [0.717, 1.165) is 12.2 Å². The quantitative estimate of drug-likeness (QED) is 0.871. The smallest absolute Gasteiger partial charge is 0.0985 e. The molecule has 0 aromatic carbocycles. The molecule has 0 spiro atoms. The van der Waals surface area contributed by atoms with Crippen molar-refractivity contribution in [1.82, 2.24) is 10.3 Å². The van der Waals surface area contributed by atoms with Crippen LogP contribution in [0.2, 0.25) is 0 Å². The summed E-state index contributed by atoms with van der Waals surface area (Å²) >= 11 is 1.80. The van der Waals surface area contributed by atoms with Gasteiger partial charge in [-0.3, -0.25) is 0 Å².